The molecule has 0 fully saturated rings. The number of fused-ring (bicyclic) bond motifs is 4. The summed E-state index contributed by atoms with van der Waals surface area (Å²) in [5, 5.41) is 21.0. The molecule has 0 saturated heterocycles. The SMILES string of the molecule is CCC(C)(c1c(OC)cc(C)c2c1ccn2C(=O)OC(C)(C)C)c1nc2cc(C#N)ccc2n1COCC[Si](C)(C)C.CCC(C)(c1c(OC)cc(C)c2c1ccn2C(=O)OC(C)(C)C)c1nc2ccc(C#N)cc2n1COCC[Si](C)(C)C. The summed E-state index contributed by atoms with van der Waals surface area (Å²) in [6, 6.07) is 25.7. The maximum absolute atomic E-state index is 13.2. The summed E-state index contributed by atoms with van der Waals surface area (Å²) in [5.41, 5.74) is 7.15. The van der Waals surface area contributed by atoms with Gasteiger partial charge in [0, 0.05) is 63.7 Å². The van der Waals surface area contributed by atoms with E-state index in [0.29, 0.717) is 50.6 Å². The fourth-order valence-corrected chi connectivity index (χ4v) is 12.4. The van der Waals surface area contributed by atoms with Crippen LogP contribution in [-0.4, -0.2) is 95.2 Å². The van der Waals surface area contributed by atoms with Gasteiger partial charge in [-0.05, 0) is 166 Å². The molecular weight excluding hydrogens is 1090 g/mol. The molecule has 4 aromatic heterocycles. The lowest BCUT2D eigenvalue weighted by atomic mass is 9.76. The molecule has 0 saturated carbocycles. The van der Waals surface area contributed by atoms with Gasteiger partial charge in [0.2, 0.25) is 0 Å². The Morgan fingerprint density at radius 1 is 0.560 bits per heavy atom. The first-order valence-electron chi connectivity index (χ1n) is 29.1. The van der Waals surface area contributed by atoms with Gasteiger partial charge in [-0.25, -0.2) is 19.6 Å². The van der Waals surface area contributed by atoms with Gasteiger partial charge in [0.05, 0.1) is 81.4 Å². The smallest absolute Gasteiger partial charge is 0.419 e. The molecule has 0 amide bonds. The van der Waals surface area contributed by atoms with Crippen LogP contribution < -0.4 is 9.47 Å². The minimum Gasteiger partial charge on any atom is -0.496 e. The molecule has 8 rings (SSSR count). The van der Waals surface area contributed by atoms with Crippen molar-refractivity contribution in [3.63, 3.8) is 0 Å². The number of imidazole rings is 2. The fourth-order valence-electron chi connectivity index (χ4n) is 10.9. The Balaban J connectivity index is 0.000000241. The van der Waals surface area contributed by atoms with Gasteiger partial charge in [0.25, 0.3) is 0 Å². The predicted octanol–water partition coefficient (Wildman–Crippen LogP) is 16.0. The third-order valence-electron chi connectivity index (χ3n) is 15.6. The molecule has 0 N–H and O–H groups in total. The van der Waals surface area contributed by atoms with Crippen LogP contribution in [0.15, 0.2) is 73.1 Å². The van der Waals surface area contributed by atoms with E-state index < -0.39 is 50.4 Å². The van der Waals surface area contributed by atoms with Crippen molar-refractivity contribution in [2.45, 2.75) is 183 Å². The Labute approximate surface area is 498 Å². The molecule has 0 aliphatic rings. The molecule has 4 heterocycles. The Kier molecular flexibility index (Phi) is 19.0. The zero-order chi connectivity index (χ0) is 62.1. The molecule has 2 unspecified atom stereocenters. The van der Waals surface area contributed by atoms with Crippen LogP contribution in [0.4, 0.5) is 9.59 Å². The summed E-state index contributed by atoms with van der Waals surface area (Å²) in [5.74, 6) is 3.08. The van der Waals surface area contributed by atoms with E-state index in [1.54, 1.807) is 41.8 Å². The van der Waals surface area contributed by atoms with Crippen LogP contribution in [0.3, 0.4) is 0 Å². The number of nitrogens with zero attached hydrogens (tertiary/aromatic N) is 8. The molecule has 18 heteroatoms. The molecule has 0 aliphatic carbocycles. The average molecular weight is 1180 g/mol. The van der Waals surface area contributed by atoms with E-state index in [4.69, 9.17) is 38.4 Å². The molecular formula is C66H88N8O8Si2. The van der Waals surface area contributed by atoms with E-state index in [9.17, 15) is 20.1 Å². The van der Waals surface area contributed by atoms with Crippen molar-refractivity contribution in [3.8, 4) is 23.6 Å². The number of carbonyl (C=O) groups is 2. The number of aromatic nitrogens is 6. The number of hydrogen-bond donors (Lipinski definition) is 0. The van der Waals surface area contributed by atoms with Crippen LogP contribution in [0.25, 0.3) is 43.9 Å². The highest BCUT2D eigenvalue weighted by Gasteiger charge is 2.41. The summed E-state index contributed by atoms with van der Waals surface area (Å²) < 4.78 is 43.4. The lowest BCUT2D eigenvalue weighted by molar-refractivity contribution is 0.0533. The summed E-state index contributed by atoms with van der Waals surface area (Å²) in [4.78, 5) is 36.8. The van der Waals surface area contributed by atoms with Crippen molar-refractivity contribution in [1.29, 1.82) is 10.5 Å². The van der Waals surface area contributed by atoms with E-state index in [-0.39, 0.29) is 0 Å². The first-order valence-corrected chi connectivity index (χ1v) is 36.5. The number of aryl methyl sites for hydroxylation is 2. The largest absolute Gasteiger partial charge is 0.496 e. The molecule has 8 aromatic rings. The molecule has 84 heavy (non-hydrogen) atoms. The molecule has 0 aliphatic heterocycles. The maximum atomic E-state index is 13.2. The molecule has 0 spiro atoms. The van der Waals surface area contributed by atoms with E-state index in [0.717, 1.165) is 101 Å². The monoisotopic (exact) mass is 1180 g/mol. The first kappa shape index (κ1) is 64.3. The number of benzene rings is 4. The minimum atomic E-state index is -1.28. The van der Waals surface area contributed by atoms with Crippen molar-refractivity contribution >= 4 is 72.2 Å². The molecule has 0 bridgehead atoms. The Morgan fingerprint density at radius 2 is 0.964 bits per heavy atom. The van der Waals surface area contributed by atoms with E-state index in [1.807, 2.05) is 110 Å². The number of rotatable bonds is 18. The third kappa shape index (κ3) is 13.6. The molecule has 16 nitrogen and oxygen atoms in total. The number of nitriles is 2. The first-order chi connectivity index (χ1) is 39.3. The van der Waals surface area contributed by atoms with Gasteiger partial charge < -0.3 is 37.6 Å². The highest BCUT2D eigenvalue weighted by Crippen LogP contribution is 2.48. The van der Waals surface area contributed by atoms with Crippen molar-refractivity contribution in [1.82, 2.24) is 28.2 Å². The quantitative estimate of drug-likeness (QED) is 0.0586. The topological polar surface area (TPSA) is 183 Å². The Hall–Kier alpha value is -7.23. The highest BCUT2D eigenvalue weighted by molar-refractivity contribution is 6.76. The van der Waals surface area contributed by atoms with E-state index in [1.165, 1.54) is 0 Å². The lowest BCUT2D eigenvalue weighted by Gasteiger charge is -2.32. The van der Waals surface area contributed by atoms with Gasteiger partial charge in [-0.1, -0.05) is 53.1 Å². The van der Waals surface area contributed by atoms with Crippen molar-refractivity contribution in [2.75, 3.05) is 27.4 Å². The average Bonchev–Trinajstić information content (AvgIpc) is 1.65. The van der Waals surface area contributed by atoms with Crippen LogP contribution in [0.5, 0.6) is 11.5 Å². The molecule has 448 valence electrons. The summed E-state index contributed by atoms with van der Waals surface area (Å²) >= 11 is 0. The third-order valence-corrected chi connectivity index (χ3v) is 19.0. The molecule has 0 radical (unpaired) electrons. The number of methoxy groups -OCH3 is 2. The van der Waals surface area contributed by atoms with Gasteiger partial charge >= 0.3 is 12.2 Å². The van der Waals surface area contributed by atoms with Crippen molar-refractivity contribution in [3.05, 3.63) is 118 Å². The van der Waals surface area contributed by atoms with Gasteiger partial charge in [-0.2, -0.15) is 10.5 Å². The lowest BCUT2D eigenvalue weighted by Crippen LogP contribution is -2.30. The maximum Gasteiger partial charge on any atom is 0.419 e. The zero-order valence-electron chi connectivity index (χ0n) is 53.4. The second kappa shape index (κ2) is 24.8. The number of ether oxygens (including phenoxy) is 6. The number of hydrogen-bond acceptors (Lipinski definition) is 12. The summed E-state index contributed by atoms with van der Waals surface area (Å²) in [6.07, 6.45) is 4.08. The van der Waals surface area contributed by atoms with Gasteiger partial charge in [-0.15, -0.1) is 0 Å². The summed E-state index contributed by atoms with van der Waals surface area (Å²) in [6.45, 7) is 39.7. The van der Waals surface area contributed by atoms with Gasteiger partial charge in [-0.3, -0.25) is 9.13 Å². The molecule has 4 aromatic carbocycles. The van der Waals surface area contributed by atoms with E-state index >= 15 is 0 Å². The normalized spacial score (nSPS) is 13.7. The Bertz CT molecular complexity index is 3700. The van der Waals surface area contributed by atoms with Gasteiger partial charge in [0.15, 0.2) is 0 Å². The van der Waals surface area contributed by atoms with E-state index in [2.05, 4.69) is 88.2 Å². The van der Waals surface area contributed by atoms with Crippen LogP contribution >= 0.6 is 0 Å². The van der Waals surface area contributed by atoms with Crippen molar-refractivity contribution in [2.24, 2.45) is 0 Å². The van der Waals surface area contributed by atoms with Crippen LogP contribution in [0.2, 0.25) is 51.4 Å². The Morgan fingerprint density at radius 3 is 1.36 bits per heavy atom. The minimum absolute atomic E-state index is 0.316. The van der Waals surface area contributed by atoms with Crippen molar-refractivity contribution < 1.29 is 38.0 Å². The number of carbonyl (C=O) groups excluding carboxylic acids is 2. The summed E-state index contributed by atoms with van der Waals surface area (Å²) in [7, 11) is 0.801. The van der Waals surface area contributed by atoms with Crippen LogP contribution in [-0.2, 0) is 43.2 Å². The highest BCUT2D eigenvalue weighted by atomic mass is 28.3. The zero-order valence-corrected chi connectivity index (χ0v) is 55.4. The second-order valence-electron chi connectivity index (χ2n) is 26.8. The second-order valence-corrected chi connectivity index (χ2v) is 38.1. The fraction of sp³-hybridized carbons (Fsp3) is 0.485. The predicted molar refractivity (Wildman–Crippen MR) is 340 cm³/mol. The van der Waals surface area contributed by atoms with Crippen LogP contribution in [0, 0.1) is 36.5 Å². The standard InChI is InChI=1S/2C33H44N4O4Si/c1-11-33(6,28-24-14-15-36(31(38)41-32(3,4)5)29(24)22(2)18-27(28)39-7)30-35-25-19-23(20-34)12-13-26(25)37(30)21-40-16-17-42(8,9)10;1-11-33(6,28-24-14-15-36(31(38)41-32(3,4)5)29(24)22(2)18-27(28)39-7)30-35-25-13-12-23(20-34)19-26(25)37(30)21-40-16-17-42(8,9)10/h2*12-15,18-19H,11,16-17,21H2,1-10H3. The van der Waals surface area contributed by atoms with Crippen LogP contribution in [0.1, 0.15) is 127 Å². The van der Waals surface area contributed by atoms with Gasteiger partial charge in [0.1, 0.15) is 47.8 Å². The molecule has 2 atom stereocenters.